The number of hydrogen-bond acceptors (Lipinski definition) is 1. The van der Waals surface area contributed by atoms with E-state index in [4.69, 9.17) is 9.90 Å². The van der Waals surface area contributed by atoms with Crippen molar-refractivity contribution >= 4 is 6.47 Å². The number of halogens is 1. The molecule has 0 spiro atoms. The smallest absolute Gasteiger partial charge is 0.290 e. The summed E-state index contributed by atoms with van der Waals surface area (Å²) < 4.78 is 12.2. The molecule has 0 radical (unpaired) electrons. The largest absolute Gasteiger partial charge is 0.483 e. The first-order valence-electron chi connectivity index (χ1n) is 2.89. The highest BCUT2D eigenvalue weighted by atomic mass is 19.1. The quantitative estimate of drug-likeness (QED) is 0.511. The lowest BCUT2D eigenvalue weighted by atomic mass is 9.84. The summed E-state index contributed by atoms with van der Waals surface area (Å²) >= 11 is 0. The highest BCUT2D eigenvalue weighted by molar-refractivity contribution is 5.32. The molecular weight excluding hydrogens is 123 g/mol. The van der Waals surface area contributed by atoms with Gasteiger partial charge in [0.1, 0.15) is 5.67 Å². The first kappa shape index (κ1) is 8.40. The summed E-state index contributed by atoms with van der Waals surface area (Å²) in [5.74, 6) is 0. The Kier molecular flexibility index (Phi) is 3.20. The summed E-state index contributed by atoms with van der Waals surface area (Å²) in [6.07, 6.45) is 2.66. The van der Waals surface area contributed by atoms with Crippen LogP contribution in [0.5, 0.6) is 0 Å². The number of carbonyl (C=O) groups is 1. The maximum atomic E-state index is 12.2. The predicted molar refractivity (Wildman–Crippen MR) is 32.1 cm³/mol. The van der Waals surface area contributed by atoms with E-state index in [0.717, 1.165) is 19.3 Å². The van der Waals surface area contributed by atoms with Crippen LogP contribution in [0.3, 0.4) is 0 Å². The van der Waals surface area contributed by atoms with Crippen LogP contribution in [0, 0.1) is 0 Å². The van der Waals surface area contributed by atoms with E-state index in [1.165, 1.54) is 0 Å². The highest BCUT2D eigenvalue weighted by Gasteiger charge is 2.30. The summed E-state index contributed by atoms with van der Waals surface area (Å²) in [7, 11) is 0. The Balaban J connectivity index is 0.000000187. The molecule has 0 aromatic heterocycles. The molecule has 1 aliphatic carbocycles. The summed E-state index contributed by atoms with van der Waals surface area (Å²) in [6.45, 7) is 1.41. The minimum Gasteiger partial charge on any atom is -0.483 e. The minimum atomic E-state index is -0.778. The lowest BCUT2D eigenvalue weighted by Crippen LogP contribution is -2.26. The first-order valence-corrected chi connectivity index (χ1v) is 2.89. The Morgan fingerprint density at radius 3 is 1.89 bits per heavy atom. The van der Waals surface area contributed by atoms with Crippen molar-refractivity contribution in [3.8, 4) is 0 Å². The lowest BCUT2D eigenvalue weighted by molar-refractivity contribution is -0.122. The SMILES string of the molecule is CC1(F)CCC1.O=CO. The molecule has 9 heavy (non-hydrogen) atoms. The molecule has 0 atom stereocenters. The van der Waals surface area contributed by atoms with Crippen molar-refractivity contribution in [3.05, 3.63) is 0 Å². The van der Waals surface area contributed by atoms with Gasteiger partial charge in [0.15, 0.2) is 0 Å². The molecule has 0 unspecified atom stereocenters. The normalized spacial score (nSPS) is 20.7. The molecule has 0 amide bonds. The van der Waals surface area contributed by atoms with E-state index in [1.54, 1.807) is 6.92 Å². The molecule has 0 aromatic rings. The Hall–Kier alpha value is -0.600. The monoisotopic (exact) mass is 134 g/mol. The van der Waals surface area contributed by atoms with Gasteiger partial charge in [0, 0.05) is 0 Å². The fourth-order valence-electron chi connectivity index (χ4n) is 0.664. The standard InChI is InChI=1S/C5H9F.CH2O2/c1-5(6)3-2-4-5;2-1-3/h2-4H2,1H3;1H,(H,2,3). The summed E-state index contributed by atoms with van der Waals surface area (Å²) in [6, 6.07) is 0. The lowest BCUT2D eigenvalue weighted by Gasteiger charge is -2.28. The van der Waals surface area contributed by atoms with E-state index in [1.807, 2.05) is 0 Å². The maximum Gasteiger partial charge on any atom is 0.290 e. The van der Waals surface area contributed by atoms with Crippen molar-refractivity contribution in [1.29, 1.82) is 0 Å². The van der Waals surface area contributed by atoms with E-state index >= 15 is 0 Å². The summed E-state index contributed by atoms with van der Waals surface area (Å²) in [4.78, 5) is 8.36. The molecule has 1 saturated carbocycles. The zero-order valence-corrected chi connectivity index (χ0v) is 5.43. The molecule has 0 aliphatic heterocycles. The third-order valence-electron chi connectivity index (χ3n) is 1.40. The number of alkyl halides is 1. The molecule has 0 aromatic carbocycles. The van der Waals surface area contributed by atoms with Crippen LogP contribution in [-0.4, -0.2) is 17.2 Å². The molecule has 1 rings (SSSR count). The number of hydrogen-bond donors (Lipinski definition) is 1. The van der Waals surface area contributed by atoms with E-state index in [-0.39, 0.29) is 6.47 Å². The van der Waals surface area contributed by atoms with Gasteiger partial charge in [-0.05, 0) is 26.2 Å². The molecule has 0 bridgehead atoms. The first-order chi connectivity index (χ1) is 4.12. The number of carboxylic acid groups (broad SMARTS) is 1. The van der Waals surface area contributed by atoms with E-state index < -0.39 is 5.67 Å². The third kappa shape index (κ3) is 3.94. The number of rotatable bonds is 0. The van der Waals surface area contributed by atoms with Crippen molar-refractivity contribution in [2.75, 3.05) is 0 Å². The van der Waals surface area contributed by atoms with Crippen LogP contribution in [-0.2, 0) is 4.79 Å². The van der Waals surface area contributed by atoms with Crippen LogP contribution in [0.4, 0.5) is 4.39 Å². The van der Waals surface area contributed by atoms with Crippen LogP contribution in [0.2, 0.25) is 0 Å². The van der Waals surface area contributed by atoms with E-state index in [0.29, 0.717) is 0 Å². The Bertz CT molecular complexity index is 85.1. The van der Waals surface area contributed by atoms with Gasteiger partial charge in [0.25, 0.3) is 6.47 Å². The van der Waals surface area contributed by atoms with Crippen molar-refractivity contribution in [2.45, 2.75) is 31.9 Å². The second kappa shape index (κ2) is 3.43. The van der Waals surface area contributed by atoms with E-state index in [9.17, 15) is 4.39 Å². The Morgan fingerprint density at radius 2 is 1.89 bits per heavy atom. The topological polar surface area (TPSA) is 37.3 Å². The fraction of sp³-hybridized carbons (Fsp3) is 0.833. The molecule has 1 aliphatic rings. The van der Waals surface area contributed by atoms with Gasteiger partial charge in [0.05, 0.1) is 0 Å². The van der Waals surface area contributed by atoms with E-state index in [2.05, 4.69) is 0 Å². The summed E-state index contributed by atoms with van der Waals surface area (Å²) in [5, 5.41) is 6.89. The summed E-state index contributed by atoms with van der Waals surface area (Å²) in [5.41, 5.74) is -0.778. The van der Waals surface area contributed by atoms with Gasteiger partial charge in [-0.25, -0.2) is 4.39 Å². The molecule has 54 valence electrons. The predicted octanol–water partition coefficient (Wildman–Crippen LogP) is 1.60. The van der Waals surface area contributed by atoms with Crippen LogP contribution >= 0.6 is 0 Å². The van der Waals surface area contributed by atoms with Gasteiger partial charge in [0.2, 0.25) is 0 Å². The van der Waals surface area contributed by atoms with Gasteiger partial charge >= 0.3 is 0 Å². The third-order valence-corrected chi connectivity index (χ3v) is 1.40. The zero-order chi connectivity index (χ0) is 7.33. The second-order valence-electron chi connectivity index (χ2n) is 2.37. The van der Waals surface area contributed by atoms with Gasteiger partial charge < -0.3 is 5.11 Å². The molecule has 0 saturated heterocycles. The van der Waals surface area contributed by atoms with Crippen molar-refractivity contribution < 1.29 is 14.3 Å². The minimum absolute atomic E-state index is 0.250. The molecule has 1 N–H and O–H groups in total. The fourth-order valence-corrected chi connectivity index (χ4v) is 0.664. The van der Waals surface area contributed by atoms with Crippen LogP contribution in [0.1, 0.15) is 26.2 Å². The Labute approximate surface area is 53.7 Å². The second-order valence-corrected chi connectivity index (χ2v) is 2.37. The average molecular weight is 134 g/mol. The Morgan fingerprint density at radius 1 is 1.67 bits per heavy atom. The maximum absolute atomic E-state index is 12.2. The van der Waals surface area contributed by atoms with Gasteiger partial charge in [-0.1, -0.05) is 0 Å². The molecule has 3 heteroatoms. The average Bonchev–Trinajstić information content (AvgIpc) is 1.65. The molecule has 1 fully saturated rings. The van der Waals surface area contributed by atoms with Gasteiger partial charge in [-0.15, -0.1) is 0 Å². The van der Waals surface area contributed by atoms with Crippen molar-refractivity contribution in [3.63, 3.8) is 0 Å². The highest BCUT2D eigenvalue weighted by Crippen LogP contribution is 2.34. The molecular formula is C6H11FO2. The molecule has 2 nitrogen and oxygen atoms in total. The van der Waals surface area contributed by atoms with Gasteiger partial charge in [-0.2, -0.15) is 0 Å². The van der Waals surface area contributed by atoms with Crippen molar-refractivity contribution in [2.24, 2.45) is 0 Å². The van der Waals surface area contributed by atoms with Crippen LogP contribution < -0.4 is 0 Å². The van der Waals surface area contributed by atoms with Crippen LogP contribution in [0.25, 0.3) is 0 Å². The van der Waals surface area contributed by atoms with Gasteiger partial charge in [-0.3, -0.25) is 4.79 Å². The zero-order valence-electron chi connectivity index (χ0n) is 5.43. The van der Waals surface area contributed by atoms with Crippen LogP contribution in [0.15, 0.2) is 0 Å². The van der Waals surface area contributed by atoms with Crippen molar-refractivity contribution in [1.82, 2.24) is 0 Å². The molecule has 0 heterocycles.